The van der Waals surface area contributed by atoms with Crippen LogP contribution in [0.2, 0.25) is 0 Å². The molecule has 2 aromatic heterocycles. The van der Waals surface area contributed by atoms with Crippen LogP contribution >= 0.6 is 0 Å². The van der Waals surface area contributed by atoms with E-state index in [1.165, 1.54) is 0 Å². The molecule has 1 N–H and O–H groups in total. The van der Waals surface area contributed by atoms with Gasteiger partial charge in [-0.3, -0.25) is 4.90 Å². The van der Waals surface area contributed by atoms with Crippen molar-refractivity contribution in [3.05, 3.63) is 35.8 Å². The van der Waals surface area contributed by atoms with Crippen molar-refractivity contribution in [2.75, 3.05) is 20.2 Å². The van der Waals surface area contributed by atoms with E-state index in [-0.39, 0.29) is 6.61 Å². The lowest BCUT2D eigenvalue weighted by atomic mass is 10.3. The number of aromatic nitrogens is 2. The average Bonchev–Trinajstić information content (AvgIpc) is 2.72. The molecule has 0 aliphatic carbocycles. The van der Waals surface area contributed by atoms with Gasteiger partial charge in [0.1, 0.15) is 11.7 Å². The zero-order valence-electron chi connectivity index (χ0n) is 9.67. The van der Waals surface area contributed by atoms with Crippen molar-refractivity contribution in [2.45, 2.75) is 6.54 Å². The van der Waals surface area contributed by atoms with Gasteiger partial charge in [0, 0.05) is 19.3 Å². The Kier molecular flexibility index (Phi) is 3.38. The molecule has 2 heterocycles. The molecule has 0 spiro atoms. The molecule has 17 heavy (non-hydrogen) atoms. The molecule has 0 fully saturated rings. The topological polar surface area (TPSA) is 64.6 Å². The summed E-state index contributed by atoms with van der Waals surface area (Å²) in [5.41, 5.74) is 2.45. The van der Waals surface area contributed by atoms with Gasteiger partial charge in [0.05, 0.1) is 24.1 Å². The first-order valence-electron chi connectivity index (χ1n) is 5.40. The number of nitriles is 1. The van der Waals surface area contributed by atoms with Crippen LogP contribution in [0, 0.1) is 11.3 Å². The Morgan fingerprint density at radius 1 is 1.53 bits per heavy atom. The molecule has 0 radical (unpaired) electrons. The molecule has 0 aromatic carbocycles. The fraction of sp³-hybridized carbons (Fsp3) is 0.333. The number of pyridine rings is 1. The second kappa shape index (κ2) is 4.95. The van der Waals surface area contributed by atoms with Crippen LogP contribution in [0.15, 0.2) is 24.5 Å². The van der Waals surface area contributed by atoms with Crippen molar-refractivity contribution >= 4 is 5.65 Å². The molecule has 0 saturated heterocycles. The van der Waals surface area contributed by atoms with Crippen LogP contribution in [0.3, 0.4) is 0 Å². The fourth-order valence-corrected chi connectivity index (χ4v) is 1.74. The summed E-state index contributed by atoms with van der Waals surface area (Å²) in [6, 6.07) is 5.69. The van der Waals surface area contributed by atoms with Crippen LogP contribution in [0.1, 0.15) is 11.3 Å². The summed E-state index contributed by atoms with van der Waals surface area (Å²) >= 11 is 0. The molecule has 5 nitrogen and oxygen atoms in total. The summed E-state index contributed by atoms with van der Waals surface area (Å²) in [5, 5.41) is 17.7. The third kappa shape index (κ3) is 2.44. The zero-order valence-corrected chi connectivity index (χ0v) is 9.67. The maximum Gasteiger partial charge on any atom is 0.137 e. The highest BCUT2D eigenvalue weighted by molar-refractivity contribution is 5.44. The monoisotopic (exact) mass is 230 g/mol. The number of rotatable bonds is 4. The minimum Gasteiger partial charge on any atom is -0.395 e. The number of hydrogen-bond acceptors (Lipinski definition) is 4. The number of hydrogen-bond donors (Lipinski definition) is 1. The van der Waals surface area contributed by atoms with Crippen LogP contribution in [-0.4, -0.2) is 39.6 Å². The van der Waals surface area contributed by atoms with Gasteiger partial charge in [-0.1, -0.05) is 0 Å². The Morgan fingerprint density at radius 2 is 2.35 bits per heavy atom. The predicted octanol–water partition coefficient (Wildman–Crippen LogP) is 0.630. The van der Waals surface area contributed by atoms with Crippen molar-refractivity contribution in [2.24, 2.45) is 0 Å². The lowest BCUT2D eigenvalue weighted by molar-refractivity contribution is 0.216. The van der Waals surface area contributed by atoms with Gasteiger partial charge in [0.2, 0.25) is 0 Å². The quantitative estimate of drug-likeness (QED) is 0.836. The van der Waals surface area contributed by atoms with Crippen molar-refractivity contribution < 1.29 is 5.11 Å². The third-order valence-corrected chi connectivity index (χ3v) is 2.62. The highest BCUT2D eigenvalue weighted by atomic mass is 16.3. The van der Waals surface area contributed by atoms with Crippen LogP contribution in [0.25, 0.3) is 5.65 Å². The average molecular weight is 230 g/mol. The molecule has 2 aromatic rings. The van der Waals surface area contributed by atoms with E-state index in [0.717, 1.165) is 11.3 Å². The van der Waals surface area contributed by atoms with Gasteiger partial charge in [-0.25, -0.2) is 4.98 Å². The summed E-state index contributed by atoms with van der Waals surface area (Å²) in [4.78, 5) is 6.27. The molecular formula is C12H14N4O. The molecule has 5 heteroatoms. The molecular weight excluding hydrogens is 216 g/mol. The van der Waals surface area contributed by atoms with Crippen LogP contribution in [0.5, 0.6) is 0 Å². The molecule has 0 bridgehead atoms. The number of aliphatic hydroxyl groups excluding tert-OH is 1. The van der Waals surface area contributed by atoms with Crippen LogP contribution < -0.4 is 0 Å². The standard InChI is InChI=1S/C12H14N4O/c1-15(4-5-17)9-11-7-14-12-3-2-10(6-13)8-16(11)12/h2-3,7-8,17H,4-5,9H2,1H3. The van der Waals surface area contributed by atoms with Gasteiger partial charge in [-0.05, 0) is 19.2 Å². The van der Waals surface area contributed by atoms with Gasteiger partial charge in [0.15, 0.2) is 0 Å². The molecule has 0 unspecified atom stereocenters. The van der Waals surface area contributed by atoms with Gasteiger partial charge in [-0.15, -0.1) is 0 Å². The lowest BCUT2D eigenvalue weighted by Gasteiger charge is -2.14. The summed E-state index contributed by atoms with van der Waals surface area (Å²) in [6.45, 7) is 1.44. The summed E-state index contributed by atoms with van der Waals surface area (Å²) in [5.74, 6) is 0. The smallest absolute Gasteiger partial charge is 0.137 e. The molecule has 0 saturated carbocycles. The van der Waals surface area contributed by atoms with E-state index in [4.69, 9.17) is 10.4 Å². The van der Waals surface area contributed by atoms with E-state index >= 15 is 0 Å². The summed E-state index contributed by atoms with van der Waals surface area (Å²) in [6.07, 6.45) is 3.58. The van der Waals surface area contributed by atoms with Gasteiger partial charge >= 0.3 is 0 Å². The molecule has 0 aliphatic heterocycles. The number of likely N-dealkylation sites (N-methyl/N-ethyl adjacent to an activating group) is 1. The Balaban J connectivity index is 2.31. The number of fused-ring (bicyclic) bond motifs is 1. The minimum absolute atomic E-state index is 0.136. The van der Waals surface area contributed by atoms with E-state index in [1.54, 1.807) is 18.5 Å². The van der Waals surface area contributed by atoms with Crippen LogP contribution in [-0.2, 0) is 6.54 Å². The van der Waals surface area contributed by atoms with Crippen molar-refractivity contribution in [1.29, 1.82) is 5.26 Å². The largest absolute Gasteiger partial charge is 0.395 e. The first-order valence-corrected chi connectivity index (χ1v) is 5.40. The number of nitrogens with zero attached hydrogens (tertiary/aromatic N) is 4. The number of aliphatic hydroxyl groups is 1. The lowest BCUT2D eigenvalue weighted by Crippen LogP contribution is -2.22. The van der Waals surface area contributed by atoms with Crippen molar-refractivity contribution in [3.63, 3.8) is 0 Å². The number of imidazole rings is 1. The van der Waals surface area contributed by atoms with Gasteiger partial charge < -0.3 is 9.51 Å². The second-order valence-corrected chi connectivity index (χ2v) is 3.97. The Hall–Kier alpha value is -1.90. The Labute approximate surface area is 99.5 Å². The third-order valence-electron chi connectivity index (χ3n) is 2.62. The van der Waals surface area contributed by atoms with E-state index in [9.17, 15) is 0 Å². The van der Waals surface area contributed by atoms with Crippen molar-refractivity contribution in [1.82, 2.24) is 14.3 Å². The molecule has 88 valence electrons. The maximum atomic E-state index is 8.86. The first kappa shape index (κ1) is 11.6. The van der Waals surface area contributed by atoms with Gasteiger partial charge in [-0.2, -0.15) is 5.26 Å². The second-order valence-electron chi connectivity index (χ2n) is 3.97. The normalized spacial score (nSPS) is 10.9. The van der Waals surface area contributed by atoms with E-state index in [0.29, 0.717) is 18.7 Å². The fourth-order valence-electron chi connectivity index (χ4n) is 1.74. The Bertz CT molecular complexity index is 555. The van der Waals surface area contributed by atoms with Gasteiger partial charge in [0.25, 0.3) is 0 Å². The molecule has 0 atom stereocenters. The zero-order chi connectivity index (χ0) is 12.3. The van der Waals surface area contributed by atoms with Crippen LogP contribution in [0.4, 0.5) is 0 Å². The maximum absolute atomic E-state index is 8.86. The molecule has 0 aliphatic rings. The minimum atomic E-state index is 0.136. The highest BCUT2D eigenvalue weighted by Gasteiger charge is 2.06. The van der Waals surface area contributed by atoms with E-state index < -0.39 is 0 Å². The first-order chi connectivity index (χ1) is 8.24. The SMILES string of the molecule is CN(CCO)Cc1cnc2ccc(C#N)cn12. The predicted molar refractivity (Wildman–Crippen MR) is 63.3 cm³/mol. The highest BCUT2D eigenvalue weighted by Crippen LogP contribution is 2.10. The molecule has 0 amide bonds. The van der Waals surface area contributed by atoms with E-state index in [1.807, 2.05) is 22.4 Å². The Morgan fingerprint density at radius 3 is 3.06 bits per heavy atom. The summed E-state index contributed by atoms with van der Waals surface area (Å²) in [7, 11) is 1.93. The molecule has 2 rings (SSSR count). The summed E-state index contributed by atoms with van der Waals surface area (Å²) < 4.78 is 1.91. The van der Waals surface area contributed by atoms with E-state index in [2.05, 4.69) is 11.1 Å². The van der Waals surface area contributed by atoms with Crippen molar-refractivity contribution in [3.8, 4) is 6.07 Å².